The van der Waals surface area contributed by atoms with E-state index in [4.69, 9.17) is 28.5 Å². The largest absolute Gasteiger partial charge is 0.192 e. The maximum atomic E-state index is 8.45. The molecule has 0 aliphatic carbocycles. The zero-order valence-electron chi connectivity index (χ0n) is 5.25. The Balaban J connectivity index is 0.000001000. The van der Waals surface area contributed by atoms with Crippen LogP contribution in [-0.2, 0) is 20.4 Å². The monoisotopic (exact) mass is 277 g/mol. The number of halogens is 2. The summed E-state index contributed by atoms with van der Waals surface area (Å²) in [6.07, 6.45) is 0. The van der Waals surface area contributed by atoms with Gasteiger partial charge in [0.25, 0.3) is 0 Å². The Labute approximate surface area is 88.6 Å². The summed E-state index contributed by atoms with van der Waals surface area (Å²) in [6.45, 7) is 0. The van der Waals surface area contributed by atoms with Crippen molar-refractivity contribution in [3.63, 3.8) is 0 Å². The van der Waals surface area contributed by atoms with E-state index in [2.05, 4.69) is 0 Å². The average Bonchev–Trinajstić information content (AvgIpc) is 1.95. The molecule has 0 amide bonds. The summed E-state index contributed by atoms with van der Waals surface area (Å²) in [5.74, 6) is 0. The normalized spacial score (nSPS) is 8.09. The van der Waals surface area contributed by atoms with Crippen molar-refractivity contribution in [1.82, 2.24) is 0 Å². The summed E-state index contributed by atoms with van der Waals surface area (Å²) < 4.78 is 0. The van der Waals surface area contributed by atoms with E-state index in [1.54, 1.807) is 18.2 Å². The third kappa shape index (κ3) is 2.47. The van der Waals surface area contributed by atoms with E-state index in [-0.39, 0.29) is 20.4 Å². The van der Waals surface area contributed by atoms with Crippen LogP contribution in [0.3, 0.4) is 0 Å². The second-order valence-corrected chi connectivity index (χ2v) is 2.50. The molecule has 1 aromatic rings. The predicted molar refractivity (Wildman–Crippen MR) is 41.2 cm³/mol. The molecule has 0 aliphatic rings. The first-order chi connectivity index (χ1) is 4.75. The third-order valence-electron chi connectivity index (χ3n) is 1.07. The molecule has 0 saturated heterocycles. The van der Waals surface area contributed by atoms with Gasteiger partial charge in [0.1, 0.15) is 6.07 Å². The molecule has 0 unspecified atom stereocenters. The quantitative estimate of drug-likeness (QED) is 0.670. The molecule has 0 radical (unpaired) electrons. The minimum atomic E-state index is 0. The SMILES string of the molecule is N#Cc1cccc(Cl)c1Cl.[Pd]. The molecule has 0 aromatic heterocycles. The van der Waals surface area contributed by atoms with Crippen molar-refractivity contribution < 1.29 is 20.4 Å². The van der Waals surface area contributed by atoms with Crippen LogP contribution in [0.5, 0.6) is 0 Å². The van der Waals surface area contributed by atoms with Crippen molar-refractivity contribution in [2.45, 2.75) is 0 Å². The topological polar surface area (TPSA) is 23.8 Å². The van der Waals surface area contributed by atoms with Crippen LogP contribution < -0.4 is 0 Å². The molecule has 1 aromatic carbocycles. The second-order valence-electron chi connectivity index (χ2n) is 1.71. The Morgan fingerprint density at radius 3 is 2.36 bits per heavy atom. The summed E-state index contributed by atoms with van der Waals surface area (Å²) in [5.41, 5.74) is 0.411. The van der Waals surface area contributed by atoms with Crippen LogP contribution in [0.2, 0.25) is 10.0 Å². The number of benzene rings is 1. The van der Waals surface area contributed by atoms with Gasteiger partial charge in [0.2, 0.25) is 0 Å². The molecule has 0 bridgehead atoms. The fourth-order valence-electron chi connectivity index (χ4n) is 0.590. The van der Waals surface area contributed by atoms with E-state index in [0.717, 1.165) is 0 Å². The van der Waals surface area contributed by atoms with Crippen LogP contribution in [-0.4, -0.2) is 0 Å². The fourth-order valence-corrected chi connectivity index (χ4v) is 0.933. The summed E-state index contributed by atoms with van der Waals surface area (Å²) in [6, 6.07) is 6.87. The van der Waals surface area contributed by atoms with Crippen molar-refractivity contribution in [3.05, 3.63) is 33.8 Å². The Hall–Kier alpha value is -0.0477. The van der Waals surface area contributed by atoms with Crippen LogP contribution in [0.1, 0.15) is 5.56 Å². The van der Waals surface area contributed by atoms with E-state index in [1.807, 2.05) is 6.07 Å². The smallest absolute Gasteiger partial charge is 0.101 e. The first kappa shape index (κ1) is 11.0. The van der Waals surface area contributed by atoms with Gasteiger partial charge in [0.15, 0.2) is 0 Å². The molecule has 11 heavy (non-hydrogen) atoms. The van der Waals surface area contributed by atoms with E-state index >= 15 is 0 Å². The zero-order chi connectivity index (χ0) is 7.56. The minimum Gasteiger partial charge on any atom is -0.192 e. The van der Waals surface area contributed by atoms with Gasteiger partial charge in [-0.1, -0.05) is 29.3 Å². The van der Waals surface area contributed by atoms with Gasteiger partial charge in [-0.3, -0.25) is 0 Å². The first-order valence-electron chi connectivity index (χ1n) is 2.60. The summed E-state index contributed by atoms with van der Waals surface area (Å²) >= 11 is 11.2. The molecular formula is C7H3Cl2NPd. The maximum Gasteiger partial charge on any atom is 0.101 e. The van der Waals surface area contributed by atoms with E-state index in [1.165, 1.54) is 0 Å². The van der Waals surface area contributed by atoms with Crippen LogP contribution >= 0.6 is 23.2 Å². The Morgan fingerprint density at radius 1 is 1.27 bits per heavy atom. The molecule has 60 valence electrons. The molecule has 0 spiro atoms. The van der Waals surface area contributed by atoms with E-state index < -0.39 is 0 Å². The molecule has 0 saturated carbocycles. The molecule has 1 nitrogen and oxygen atoms in total. The van der Waals surface area contributed by atoms with E-state index in [9.17, 15) is 0 Å². The molecule has 0 heterocycles. The van der Waals surface area contributed by atoms with Crippen molar-refractivity contribution in [3.8, 4) is 6.07 Å². The molecule has 0 atom stereocenters. The summed E-state index contributed by atoms with van der Waals surface area (Å²) in [5, 5.41) is 9.19. The molecule has 0 N–H and O–H groups in total. The minimum absolute atomic E-state index is 0. The number of rotatable bonds is 0. The fraction of sp³-hybridized carbons (Fsp3) is 0. The van der Waals surface area contributed by atoms with Crippen LogP contribution in [0.4, 0.5) is 0 Å². The van der Waals surface area contributed by atoms with Gasteiger partial charge < -0.3 is 0 Å². The van der Waals surface area contributed by atoms with Crippen molar-refractivity contribution >= 4 is 23.2 Å². The van der Waals surface area contributed by atoms with Crippen molar-refractivity contribution in [2.75, 3.05) is 0 Å². The number of nitriles is 1. The van der Waals surface area contributed by atoms with Gasteiger partial charge in [-0.2, -0.15) is 5.26 Å². The summed E-state index contributed by atoms with van der Waals surface area (Å²) in [7, 11) is 0. The Morgan fingerprint density at radius 2 is 1.91 bits per heavy atom. The Kier molecular flexibility index (Phi) is 4.73. The van der Waals surface area contributed by atoms with Gasteiger partial charge >= 0.3 is 0 Å². The second kappa shape index (κ2) is 4.75. The van der Waals surface area contributed by atoms with Crippen LogP contribution in [0.25, 0.3) is 0 Å². The molecule has 0 aliphatic heterocycles. The molecule has 4 heteroatoms. The van der Waals surface area contributed by atoms with Crippen molar-refractivity contribution in [1.29, 1.82) is 5.26 Å². The van der Waals surface area contributed by atoms with Gasteiger partial charge in [-0.25, -0.2) is 0 Å². The number of nitrogens with zero attached hydrogens (tertiary/aromatic N) is 1. The number of hydrogen-bond donors (Lipinski definition) is 0. The van der Waals surface area contributed by atoms with Gasteiger partial charge in [-0.05, 0) is 12.1 Å². The van der Waals surface area contributed by atoms with Crippen LogP contribution in [0, 0.1) is 11.3 Å². The number of hydrogen-bond acceptors (Lipinski definition) is 1. The van der Waals surface area contributed by atoms with Gasteiger partial charge in [0, 0.05) is 20.4 Å². The van der Waals surface area contributed by atoms with Gasteiger partial charge in [-0.15, -0.1) is 0 Å². The Bertz CT molecular complexity index is 293. The molecular weight excluding hydrogens is 275 g/mol. The maximum absolute atomic E-state index is 8.45. The van der Waals surface area contributed by atoms with E-state index in [0.29, 0.717) is 15.6 Å². The van der Waals surface area contributed by atoms with Gasteiger partial charge in [0.05, 0.1) is 15.6 Å². The predicted octanol–water partition coefficient (Wildman–Crippen LogP) is 2.86. The average molecular weight is 278 g/mol. The summed E-state index contributed by atoms with van der Waals surface area (Å²) in [4.78, 5) is 0. The van der Waals surface area contributed by atoms with Crippen molar-refractivity contribution in [2.24, 2.45) is 0 Å². The zero-order valence-corrected chi connectivity index (χ0v) is 8.32. The first-order valence-corrected chi connectivity index (χ1v) is 3.35. The standard InChI is InChI=1S/C7H3Cl2N.Pd/c8-6-3-1-2-5(4-10)7(6)9;/h1-3H;. The van der Waals surface area contributed by atoms with Crippen LogP contribution in [0.15, 0.2) is 18.2 Å². The molecule has 1 rings (SSSR count). The third-order valence-corrected chi connectivity index (χ3v) is 1.89. The molecule has 0 fully saturated rings.